The van der Waals surface area contributed by atoms with Crippen molar-refractivity contribution in [2.75, 3.05) is 19.8 Å². The van der Waals surface area contributed by atoms with Gasteiger partial charge in [0, 0.05) is 6.61 Å². The molecule has 8 heteroatoms. The van der Waals surface area contributed by atoms with E-state index in [2.05, 4.69) is 20.9 Å². The van der Waals surface area contributed by atoms with Gasteiger partial charge in [-0.25, -0.2) is 4.99 Å². The maximum Gasteiger partial charge on any atom is 0.266 e. The number of phenolic OH excluding ortho intramolecular Hbond substituents is 1. The summed E-state index contributed by atoms with van der Waals surface area (Å²) >= 11 is 10.6. The first-order valence-corrected chi connectivity index (χ1v) is 10.6. The predicted octanol–water partition coefficient (Wildman–Crippen LogP) is 5.45. The minimum atomic E-state index is -0.139. The molecule has 0 radical (unpaired) electrons. The number of aromatic hydroxyl groups is 1. The minimum absolute atomic E-state index is 0.0288. The fraction of sp³-hybridized carbons (Fsp3) is 0.200. The average molecular weight is 482 g/mol. The molecule has 1 aliphatic rings. The van der Waals surface area contributed by atoms with E-state index >= 15 is 0 Å². The second kappa shape index (κ2) is 9.60. The van der Waals surface area contributed by atoms with Crippen molar-refractivity contribution in [3.8, 4) is 5.75 Å². The number of ether oxygens (including phenoxy) is 1. The van der Waals surface area contributed by atoms with Crippen molar-refractivity contribution in [1.82, 2.24) is 4.90 Å². The van der Waals surface area contributed by atoms with Gasteiger partial charge >= 0.3 is 0 Å². The third-order valence-corrected chi connectivity index (χ3v) is 5.77. The molecular formula is C20H18BrClN2O3S. The molecule has 28 heavy (non-hydrogen) atoms. The highest BCUT2D eigenvalue weighted by Crippen LogP contribution is 2.37. The largest absolute Gasteiger partial charge is 0.505 e. The molecule has 1 saturated heterocycles. The Morgan fingerprint density at radius 3 is 2.75 bits per heavy atom. The molecule has 0 saturated carbocycles. The molecule has 2 aromatic carbocycles. The molecule has 0 bridgehead atoms. The summed E-state index contributed by atoms with van der Waals surface area (Å²) in [7, 11) is 0. The second-order valence-electron chi connectivity index (χ2n) is 5.83. The number of carbonyl (C=O) groups is 1. The van der Waals surface area contributed by atoms with Crippen LogP contribution in [0.1, 0.15) is 12.5 Å². The van der Waals surface area contributed by atoms with Crippen molar-refractivity contribution < 1.29 is 14.6 Å². The summed E-state index contributed by atoms with van der Waals surface area (Å²) < 4.78 is 5.88. The molecule has 1 heterocycles. The van der Waals surface area contributed by atoms with Gasteiger partial charge in [-0.1, -0.05) is 29.8 Å². The van der Waals surface area contributed by atoms with E-state index in [1.807, 2.05) is 37.3 Å². The molecule has 146 valence electrons. The Bertz CT molecular complexity index is 911. The fourth-order valence-electron chi connectivity index (χ4n) is 2.52. The monoisotopic (exact) mass is 480 g/mol. The number of thioether (sulfide) groups is 1. The van der Waals surface area contributed by atoms with Crippen molar-refractivity contribution in [2.24, 2.45) is 4.99 Å². The molecular weight excluding hydrogens is 464 g/mol. The summed E-state index contributed by atoms with van der Waals surface area (Å²) in [6, 6.07) is 12.8. The number of halogens is 2. The van der Waals surface area contributed by atoms with Crippen LogP contribution in [-0.4, -0.2) is 40.8 Å². The standard InChI is InChI=1S/C20H18BrClN2O3S/c1-2-27-9-8-24-19(26)17(12-13-10-15(21)18(25)16(22)11-13)28-20(24)23-14-6-4-3-5-7-14/h3-7,10-12,25H,2,8-9H2,1H3. The zero-order valence-corrected chi connectivity index (χ0v) is 18.2. The number of hydrogen-bond acceptors (Lipinski definition) is 5. The molecule has 0 aromatic heterocycles. The van der Waals surface area contributed by atoms with E-state index in [0.29, 0.717) is 39.9 Å². The van der Waals surface area contributed by atoms with Crippen LogP contribution in [0.5, 0.6) is 5.75 Å². The lowest BCUT2D eigenvalue weighted by atomic mass is 10.2. The van der Waals surface area contributed by atoms with Gasteiger partial charge in [-0.05, 0) is 70.5 Å². The molecule has 1 amide bonds. The average Bonchev–Trinajstić information content (AvgIpc) is 2.96. The number of phenols is 1. The molecule has 5 nitrogen and oxygen atoms in total. The number of hydrogen-bond donors (Lipinski definition) is 1. The molecule has 1 aliphatic heterocycles. The molecule has 2 aromatic rings. The second-order valence-corrected chi connectivity index (χ2v) is 8.10. The SMILES string of the molecule is CCOCCN1C(=O)C(=Cc2cc(Cl)c(O)c(Br)c2)SC1=Nc1ccccc1. The van der Waals surface area contributed by atoms with Crippen LogP contribution in [0.2, 0.25) is 5.02 Å². The van der Waals surface area contributed by atoms with Gasteiger partial charge in [-0.3, -0.25) is 9.69 Å². The Balaban J connectivity index is 1.93. The van der Waals surface area contributed by atoms with Gasteiger partial charge in [-0.15, -0.1) is 0 Å². The van der Waals surface area contributed by atoms with Crippen molar-refractivity contribution >= 4 is 62.1 Å². The fourth-order valence-corrected chi connectivity index (χ4v) is 4.37. The van der Waals surface area contributed by atoms with Crippen LogP contribution in [0.25, 0.3) is 6.08 Å². The molecule has 0 aliphatic carbocycles. The van der Waals surface area contributed by atoms with Crippen LogP contribution in [0.3, 0.4) is 0 Å². The Kier molecular flexibility index (Phi) is 7.18. The summed E-state index contributed by atoms with van der Waals surface area (Å²) in [5.74, 6) is -0.168. The predicted molar refractivity (Wildman–Crippen MR) is 118 cm³/mol. The summed E-state index contributed by atoms with van der Waals surface area (Å²) in [6.07, 6.45) is 1.74. The van der Waals surface area contributed by atoms with Crippen LogP contribution in [0.15, 0.2) is 56.8 Å². The molecule has 1 N–H and O–H groups in total. The smallest absolute Gasteiger partial charge is 0.266 e. The highest BCUT2D eigenvalue weighted by atomic mass is 79.9. The van der Waals surface area contributed by atoms with Crippen molar-refractivity contribution in [2.45, 2.75) is 6.92 Å². The quantitative estimate of drug-likeness (QED) is 0.440. The first-order chi connectivity index (χ1) is 13.5. The number of amides is 1. The first-order valence-electron chi connectivity index (χ1n) is 8.60. The number of aliphatic imine (C=N–C) groups is 1. The lowest BCUT2D eigenvalue weighted by molar-refractivity contribution is -0.122. The maximum absolute atomic E-state index is 12.9. The van der Waals surface area contributed by atoms with Crippen LogP contribution in [-0.2, 0) is 9.53 Å². The summed E-state index contributed by atoms with van der Waals surface area (Å²) in [6.45, 7) is 3.35. The van der Waals surface area contributed by atoms with Gasteiger partial charge in [0.25, 0.3) is 5.91 Å². The van der Waals surface area contributed by atoms with E-state index in [4.69, 9.17) is 16.3 Å². The van der Waals surface area contributed by atoms with Crippen molar-refractivity contribution in [3.05, 3.63) is 62.4 Å². The van der Waals surface area contributed by atoms with Crippen molar-refractivity contribution in [3.63, 3.8) is 0 Å². The van der Waals surface area contributed by atoms with Gasteiger partial charge in [0.1, 0.15) is 5.75 Å². The number of carbonyl (C=O) groups excluding carboxylic acids is 1. The Morgan fingerprint density at radius 2 is 2.07 bits per heavy atom. The Morgan fingerprint density at radius 1 is 1.32 bits per heavy atom. The lowest BCUT2D eigenvalue weighted by Crippen LogP contribution is -2.32. The summed E-state index contributed by atoms with van der Waals surface area (Å²) in [5.41, 5.74) is 1.48. The summed E-state index contributed by atoms with van der Waals surface area (Å²) in [4.78, 5) is 19.7. The maximum atomic E-state index is 12.9. The Hall–Kier alpha value is -1.80. The molecule has 0 atom stereocenters. The van der Waals surface area contributed by atoms with Crippen LogP contribution in [0, 0.1) is 0 Å². The molecule has 3 rings (SSSR count). The van der Waals surface area contributed by atoms with Gasteiger partial charge < -0.3 is 9.84 Å². The lowest BCUT2D eigenvalue weighted by Gasteiger charge is -2.15. The van der Waals surface area contributed by atoms with Crippen LogP contribution >= 0.6 is 39.3 Å². The highest BCUT2D eigenvalue weighted by molar-refractivity contribution is 9.10. The van der Waals surface area contributed by atoms with Gasteiger partial charge in [0.2, 0.25) is 0 Å². The third kappa shape index (κ3) is 4.97. The normalized spacial score (nSPS) is 17.1. The van der Waals surface area contributed by atoms with Crippen molar-refractivity contribution in [1.29, 1.82) is 0 Å². The third-order valence-electron chi connectivity index (χ3n) is 3.87. The van der Waals surface area contributed by atoms with Gasteiger partial charge in [-0.2, -0.15) is 0 Å². The van der Waals surface area contributed by atoms with Gasteiger partial charge in [0.15, 0.2) is 5.17 Å². The molecule has 1 fully saturated rings. The Labute approximate surface area is 181 Å². The topological polar surface area (TPSA) is 62.1 Å². The number of rotatable bonds is 6. The van der Waals surface area contributed by atoms with E-state index in [9.17, 15) is 9.90 Å². The van der Waals surface area contributed by atoms with E-state index in [-0.39, 0.29) is 16.7 Å². The number of amidine groups is 1. The highest BCUT2D eigenvalue weighted by Gasteiger charge is 2.33. The number of benzene rings is 2. The van der Waals surface area contributed by atoms with E-state index in [1.165, 1.54) is 11.8 Å². The van der Waals surface area contributed by atoms with Gasteiger partial charge in [0.05, 0.1) is 33.2 Å². The molecule has 0 unspecified atom stereocenters. The van der Waals surface area contributed by atoms with Crippen LogP contribution < -0.4 is 0 Å². The zero-order valence-electron chi connectivity index (χ0n) is 15.1. The van der Waals surface area contributed by atoms with E-state index in [0.717, 1.165) is 5.69 Å². The molecule has 0 spiro atoms. The first kappa shape index (κ1) is 20.9. The number of nitrogens with zero attached hydrogens (tertiary/aromatic N) is 2. The van der Waals surface area contributed by atoms with E-state index in [1.54, 1.807) is 23.1 Å². The number of para-hydroxylation sites is 1. The van der Waals surface area contributed by atoms with E-state index < -0.39 is 0 Å². The minimum Gasteiger partial charge on any atom is -0.505 e. The zero-order chi connectivity index (χ0) is 20.1. The summed E-state index contributed by atoms with van der Waals surface area (Å²) in [5, 5.41) is 10.6. The van der Waals surface area contributed by atoms with Crippen LogP contribution in [0.4, 0.5) is 5.69 Å².